The van der Waals surface area contributed by atoms with Crippen LogP contribution in [0, 0.1) is 0 Å². The fraction of sp³-hybridized carbons (Fsp3) is 0.240. The molecule has 1 amide bonds. The number of hydrogen-bond donors (Lipinski definition) is 2. The van der Waals surface area contributed by atoms with Crippen LogP contribution < -0.4 is 14.8 Å². The lowest BCUT2D eigenvalue weighted by Crippen LogP contribution is -2.34. The minimum Gasteiger partial charge on any atom is -0.496 e. The van der Waals surface area contributed by atoms with Crippen molar-refractivity contribution in [2.75, 3.05) is 27.7 Å². The van der Waals surface area contributed by atoms with Gasteiger partial charge in [0.25, 0.3) is 5.91 Å². The zero-order valence-electron chi connectivity index (χ0n) is 19.0. The number of carbonyl (C=O) groups excluding carboxylic acids is 1. The molecule has 3 aromatic rings. The Balaban J connectivity index is 1.71. The minimum absolute atomic E-state index is 0.0416. The maximum absolute atomic E-state index is 12.8. The lowest BCUT2D eigenvalue weighted by atomic mass is 10.0. The van der Waals surface area contributed by atoms with Crippen molar-refractivity contribution in [2.24, 2.45) is 0 Å². The molecule has 0 saturated heterocycles. The first kappa shape index (κ1) is 24.4. The highest BCUT2D eigenvalue weighted by molar-refractivity contribution is 7.89. The number of hydrogen-bond acceptors (Lipinski definition) is 5. The normalized spacial score (nSPS) is 12.4. The fourth-order valence-electron chi connectivity index (χ4n) is 3.47. The molecule has 0 spiro atoms. The molecule has 0 bridgehead atoms. The van der Waals surface area contributed by atoms with Crippen LogP contribution in [0.4, 0.5) is 0 Å². The number of ether oxygens (including phenoxy) is 1. The van der Waals surface area contributed by atoms with Gasteiger partial charge in [-0.15, -0.1) is 0 Å². The number of likely N-dealkylation sites (N-methyl/N-ethyl adjacent to an activating group) is 1. The summed E-state index contributed by atoms with van der Waals surface area (Å²) in [7, 11) is 1.70. The molecule has 2 N–H and O–H groups in total. The van der Waals surface area contributed by atoms with Crippen LogP contribution in [-0.4, -0.2) is 47.0 Å². The van der Waals surface area contributed by atoms with Gasteiger partial charge in [-0.2, -0.15) is 0 Å². The number of nitrogens with zero attached hydrogens (tertiary/aromatic N) is 1. The number of sulfonamides is 1. The van der Waals surface area contributed by atoms with E-state index < -0.39 is 10.0 Å². The Morgan fingerprint density at radius 1 is 0.970 bits per heavy atom. The molecule has 0 aliphatic heterocycles. The van der Waals surface area contributed by atoms with Crippen molar-refractivity contribution in [1.82, 2.24) is 14.9 Å². The van der Waals surface area contributed by atoms with Gasteiger partial charge in [-0.05, 0) is 43.9 Å². The Kier molecular flexibility index (Phi) is 8.21. The van der Waals surface area contributed by atoms with Gasteiger partial charge >= 0.3 is 0 Å². The lowest BCUT2D eigenvalue weighted by molar-refractivity contribution is 0.0941. The number of carbonyl (C=O) groups is 1. The van der Waals surface area contributed by atoms with Gasteiger partial charge < -0.3 is 15.0 Å². The molecular weight excluding hydrogens is 438 g/mol. The summed E-state index contributed by atoms with van der Waals surface area (Å²) in [5, 5.41) is 2.92. The van der Waals surface area contributed by atoms with Crippen molar-refractivity contribution in [1.29, 1.82) is 0 Å². The Bertz CT molecular complexity index is 1180. The van der Waals surface area contributed by atoms with Crippen LogP contribution >= 0.6 is 0 Å². The predicted molar refractivity (Wildman–Crippen MR) is 129 cm³/mol. The third kappa shape index (κ3) is 6.41. The van der Waals surface area contributed by atoms with Crippen molar-refractivity contribution in [3.8, 4) is 5.75 Å². The molecule has 8 heteroatoms. The summed E-state index contributed by atoms with van der Waals surface area (Å²) in [6, 6.07) is 22.8. The first-order chi connectivity index (χ1) is 15.8. The number of benzene rings is 3. The van der Waals surface area contributed by atoms with E-state index in [0.29, 0.717) is 6.54 Å². The minimum atomic E-state index is -3.77. The Morgan fingerprint density at radius 3 is 2.36 bits per heavy atom. The number of rotatable bonds is 10. The number of methoxy groups -OCH3 is 1. The monoisotopic (exact) mass is 467 g/mol. The second-order valence-corrected chi connectivity index (χ2v) is 9.54. The molecule has 0 fully saturated rings. The van der Waals surface area contributed by atoms with Gasteiger partial charge in [-0.25, -0.2) is 13.1 Å². The van der Waals surface area contributed by atoms with E-state index >= 15 is 0 Å². The summed E-state index contributed by atoms with van der Waals surface area (Å²) >= 11 is 0. The Morgan fingerprint density at radius 2 is 1.67 bits per heavy atom. The second-order valence-electron chi connectivity index (χ2n) is 7.77. The third-order valence-electron chi connectivity index (χ3n) is 5.29. The molecule has 0 radical (unpaired) electrons. The summed E-state index contributed by atoms with van der Waals surface area (Å²) in [5.41, 5.74) is 2.07. The van der Waals surface area contributed by atoms with Crippen LogP contribution in [-0.2, 0) is 16.6 Å². The lowest BCUT2D eigenvalue weighted by Gasteiger charge is -2.26. The van der Waals surface area contributed by atoms with E-state index in [1.54, 1.807) is 19.2 Å². The standard InChI is InChI=1S/C25H29N3O4S/c1-28(2)23(22-14-7-8-15-24(22)32-3)18-26-25(29)20-12-9-13-21(16-20)33(30,31)27-17-19-10-5-4-6-11-19/h4-16,23,27H,17-18H2,1-3H3,(H,26,29)/t23-/m0/s1. The third-order valence-corrected chi connectivity index (χ3v) is 6.69. The first-order valence-electron chi connectivity index (χ1n) is 10.5. The highest BCUT2D eigenvalue weighted by Crippen LogP contribution is 2.27. The fourth-order valence-corrected chi connectivity index (χ4v) is 4.53. The van der Waals surface area contributed by atoms with Crippen LogP contribution in [0.5, 0.6) is 5.75 Å². The Hall–Kier alpha value is -3.20. The zero-order chi connectivity index (χ0) is 23.8. The van der Waals surface area contributed by atoms with Gasteiger partial charge in [0.05, 0.1) is 18.0 Å². The number of nitrogens with one attached hydrogen (secondary N) is 2. The van der Waals surface area contributed by atoms with Crippen molar-refractivity contribution in [3.05, 3.63) is 95.6 Å². The average Bonchev–Trinajstić information content (AvgIpc) is 2.83. The van der Waals surface area contributed by atoms with Gasteiger partial charge in [0.2, 0.25) is 10.0 Å². The molecule has 3 rings (SSSR count). The molecule has 1 atom stereocenters. The molecule has 0 aromatic heterocycles. The summed E-state index contributed by atoms with van der Waals surface area (Å²) in [6.07, 6.45) is 0. The zero-order valence-corrected chi connectivity index (χ0v) is 19.8. The van der Waals surface area contributed by atoms with Crippen molar-refractivity contribution < 1.29 is 17.9 Å². The van der Waals surface area contributed by atoms with Crippen LogP contribution in [0.25, 0.3) is 0 Å². The molecule has 0 heterocycles. The average molecular weight is 468 g/mol. The van der Waals surface area contributed by atoms with E-state index in [1.165, 1.54) is 12.1 Å². The topological polar surface area (TPSA) is 87.7 Å². The van der Waals surface area contributed by atoms with Gasteiger partial charge in [-0.3, -0.25) is 4.79 Å². The molecule has 0 aliphatic rings. The summed E-state index contributed by atoms with van der Waals surface area (Å²) in [6.45, 7) is 0.498. The van der Waals surface area contributed by atoms with E-state index in [9.17, 15) is 13.2 Å². The maximum atomic E-state index is 12.8. The van der Waals surface area contributed by atoms with Crippen molar-refractivity contribution >= 4 is 15.9 Å². The van der Waals surface area contributed by atoms with Gasteiger partial charge in [0, 0.05) is 24.2 Å². The molecule has 33 heavy (non-hydrogen) atoms. The maximum Gasteiger partial charge on any atom is 0.251 e. The first-order valence-corrected chi connectivity index (χ1v) is 12.0. The molecule has 0 unspecified atom stereocenters. The van der Waals surface area contributed by atoms with E-state index in [1.807, 2.05) is 73.6 Å². The van der Waals surface area contributed by atoms with Crippen molar-refractivity contribution in [2.45, 2.75) is 17.5 Å². The van der Waals surface area contributed by atoms with Crippen molar-refractivity contribution in [3.63, 3.8) is 0 Å². The highest BCUT2D eigenvalue weighted by atomic mass is 32.2. The predicted octanol–water partition coefficient (Wildman–Crippen LogP) is 3.21. The number of amides is 1. The molecule has 3 aromatic carbocycles. The molecule has 7 nitrogen and oxygen atoms in total. The Labute approximate surface area is 195 Å². The van der Waals surface area contributed by atoms with Gasteiger partial charge in [-0.1, -0.05) is 54.6 Å². The van der Waals surface area contributed by atoms with Crippen LogP contribution in [0.3, 0.4) is 0 Å². The van der Waals surface area contributed by atoms with Gasteiger partial charge in [0.1, 0.15) is 5.75 Å². The molecule has 174 valence electrons. The SMILES string of the molecule is COc1ccccc1[C@H](CNC(=O)c1cccc(S(=O)(=O)NCc2ccccc2)c1)N(C)C. The summed E-state index contributed by atoms with van der Waals surface area (Å²) in [5.74, 6) is 0.389. The molecule has 0 aliphatic carbocycles. The van der Waals surface area contributed by atoms with E-state index in [4.69, 9.17) is 4.74 Å². The quantitative estimate of drug-likeness (QED) is 0.478. The highest BCUT2D eigenvalue weighted by Gasteiger charge is 2.20. The van der Waals surface area contributed by atoms with Crippen LogP contribution in [0.1, 0.15) is 27.5 Å². The summed E-state index contributed by atoms with van der Waals surface area (Å²) in [4.78, 5) is 14.9. The van der Waals surface area contributed by atoms with E-state index in [0.717, 1.165) is 16.9 Å². The van der Waals surface area contributed by atoms with Gasteiger partial charge in [0.15, 0.2) is 0 Å². The van der Waals surface area contributed by atoms with Crippen LogP contribution in [0.2, 0.25) is 0 Å². The molecule has 0 saturated carbocycles. The number of para-hydroxylation sites is 1. The summed E-state index contributed by atoms with van der Waals surface area (Å²) < 4.78 is 33.5. The largest absolute Gasteiger partial charge is 0.496 e. The second kappa shape index (κ2) is 11.1. The van der Waals surface area contributed by atoms with Crippen LogP contribution in [0.15, 0.2) is 83.8 Å². The molecular formula is C25H29N3O4S. The van der Waals surface area contributed by atoms with E-state index in [-0.39, 0.29) is 29.0 Å². The van der Waals surface area contributed by atoms with E-state index in [2.05, 4.69) is 10.0 Å². The smallest absolute Gasteiger partial charge is 0.251 e.